The summed E-state index contributed by atoms with van der Waals surface area (Å²) < 4.78 is 0. The van der Waals surface area contributed by atoms with E-state index in [4.69, 9.17) is 4.99 Å². The van der Waals surface area contributed by atoms with Crippen LogP contribution in [-0.2, 0) is 6.54 Å². The third kappa shape index (κ3) is 3.63. The van der Waals surface area contributed by atoms with Gasteiger partial charge in [-0.1, -0.05) is 44.2 Å². The van der Waals surface area contributed by atoms with Crippen LogP contribution in [0.1, 0.15) is 32.3 Å². The molecule has 2 aliphatic heterocycles. The highest BCUT2D eigenvalue weighted by molar-refractivity contribution is 5.89. The van der Waals surface area contributed by atoms with Gasteiger partial charge in [-0.15, -0.1) is 0 Å². The van der Waals surface area contributed by atoms with E-state index < -0.39 is 0 Å². The first-order chi connectivity index (χ1) is 10.2. The Morgan fingerprint density at radius 2 is 2.14 bits per heavy atom. The summed E-state index contributed by atoms with van der Waals surface area (Å²) in [6.45, 7) is 7.53. The topological polar surface area (TPSA) is 39.7 Å². The van der Waals surface area contributed by atoms with Gasteiger partial charge in [-0.3, -0.25) is 10.6 Å². The second-order valence-corrected chi connectivity index (χ2v) is 6.46. The highest BCUT2D eigenvalue weighted by atomic mass is 15.4. The van der Waals surface area contributed by atoms with Crippen molar-refractivity contribution in [2.45, 2.75) is 45.6 Å². The number of nitrogens with zero attached hydrogens (tertiary/aromatic N) is 2. The maximum absolute atomic E-state index is 4.88. The van der Waals surface area contributed by atoms with E-state index in [9.17, 15) is 0 Å². The number of likely N-dealkylation sites (tertiary alicyclic amines) is 1. The van der Waals surface area contributed by atoms with E-state index in [0.29, 0.717) is 12.0 Å². The molecule has 2 heterocycles. The van der Waals surface area contributed by atoms with Crippen LogP contribution >= 0.6 is 0 Å². The summed E-state index contributed by atoms with van der Waals surface area (Å²) in [5, 5.41) is 7.10. The Labute approximate surface area is 127 Å². The molecule has 1 aromatic carbocycles. The van der Waals surface area contributed by atoms with Gasteiger partial charge in [-0.05, 0) is 24.3 Å². The number of aliphatic imine (C=N–C) groups is 1. The van der Waals surface area contributed by atoms with E-state index in [2.05, 4.69) is 59.7 Å². The molecule has 3 rings (SSSR count). The molecule has 114 valence electrons. The molecule has 4 nitrogen and oxygen atoms in total. The molecule has 4 heteroatoms. The smallest absolute Gasteiger partial charge is 0.156 e. The van der Waals surface area contributed by atoms with E-state index in [1.807, 2.05) is 0 Å². The maximum Gasteiger partial charge on any atom is 0.156 e. The molecule has 1 fully saturated rings. The van der Waals surface area contributed by atoms with Crippen molar-refractivity contribution in [3.05, 3.63) is 35.9 Å². The lowest BCUT2D eigenvalue weighted by Crippen LogP contribution is -2.49. The molecule has 0 bridgehead atoms. The molecule has 0 amide bonds. The van der Waals surface area contributed by atoms with Crippen LogP contribution in [0.4, 0.5) is 0 Å². The average molecular weight is 286 g/mol. The number of fused-ring (bicyclic) bond motifs is 1. The fraction of sp³-hybridized carbons (Fsp3) is 0.588. The van der Waals surface area contributed by atoms with Crippen LogP contribution in [0.2, 0.25) is 0 Å². The molecule has 21 heavy (non-hydrogen) atoms. The van der Waals surface area contributed by atoms with Crippen LogP contribution in [0.15, 0.2) is 35.3 Å². The predicted octanol–water partition coefficient (Wildman–Crippen LogP) is 2.18. The zero-order valence-corrected chi connectivity index (χ0v) is 13.0. The number of nitrogens with one attached hydrogen (secondary N) is 2. The Morgan fingerprint density at radius 3 is 2.90 bits per heavy atom. The quantitative estimate of drug-likeness (QED) is 0.871. The maximum atomic E-state index is 4.88. The minimum absolute atomic E-state index is 0.0868. The summed E-state index contributed by atoms with van der Waals surface area (Å²) in [4.78, 5) is 7.32. The minimum Gasteiger partial charge on any atom is -0.355 e. The molecule has 0 radical (unpaired) electrons. The summed E-state index contributed by atoms with van der Waals surface area (Å²) in [6, 6.07) is 11.1. The third-order valence-corrected chi connectivity index (χ3v) is 4.11. The number of piperidine rings is 1. The molecule has 0 saturated carbocycles. The van der Waals surface area contributed by atoms with Crippen molar-refractivity contribution in [3.63, 3.8) is 0 Å². The molecule has 2 aliphatic rings. The number of hydrogen-bond donors (Lipinski definition) is 2. The van der Waals surface area contributed by atoms with Crippen molar-refractivity contribution in [1.29, 1.82) is 0 Å². The largest absolute Gasteiger partial charge is 0.355 e. The fourth-order valence-corrected chi connectivity index (χ4v) is 3.06. The van der Waals surface area contributed by atoms with Crippen molar-refractivity contribution in [2.24, 2.45) is 10.9 Å². The molecule has 1 saturated heterocycles. The van der Waals surface area contributed by atoms with Crippen LogP contribution in [-0.4, -0.2) is 36.2 Å². The van der Waals surface area contributed by atoms with E-state index >= 15 is 0 Å². The number of benzene rings is 1. The molecule has 0 aromatic heterocycles. The monoisotopic (exact) mass is 286 g/mol. The van der Waals surface area contributed by atoms with Gasteiger partial charge in [0.05, 0.1) is 6.04 Å². The van der Waals surface area contributed by atoms with Crippen molar-refractivity contribution in [2.75, 3.05) is 13.1 Å². The molecule has 2 N–H and O–H groups in total. The van der Waals surface area contributed by atoms with Crippen molar-refractivity contribution in [1.82, 2.24) is 15.5 Å². The van der Waals surface area contributed by atoms with Crippen LogP contribution in [0.25, 0.3) is 0 Å². The molecule has 2 unspecified atom stereocenters. The first kappa shape index (κ1) is 14.5. The summed E-state index contributed by atoms with van der Waals surface area (Å²) in [5.41, 5.74) is 1.36. The van der Waals surface area contributed by atoms with E-state index in [1.165, 1.54) is 24.2 Å². The standard InChI is InChI=1S/C17H26N4/c1-13(2)11-18-17-19-15-9-6-10-21(16(15)20-17)12-14-7-4-3-5-8-14/h3-5,7-8,13,15,17-19H,6,9-12H2,1-2H3. The summed E-state index contributed by atoms with van der Waals surface area (Å²) in [7, 11) is 0. The van der Waals surface area contributed by atoms with E-state index in [1.54, 1.807) is 0 Å². The van der Waals surface area contributed by atoms with Crippen LogP contribution in [0, 0.1) is 5.92 Å². The van der Waals surface area contributed by atoms with Gasteiger partial charge in [0.25, 0.3) is 0 Å². The second-order valence-electron chi connectivity index (χ2n) is 6.46. The second kappa shape index (κ2) is 6.58. The van der Waals surface area contributed by atoms with E-state index in [-0.39, 0.29) is 6.29 Å². The lowest BCUT2D eigenvalue weighted by molar-refractivity contribution is 0.336. The number of rotatable bonds is 5. The van der Waals surface area contributed by atoms with Gasteiger partial charge in [0.2, 0.25) is 0 Å². The van der Waals surface area contributed by atoms with Gasteiger partial charge in [0.15, 0.2) is 6.29 Å². The molecular weight excluding hydrogens is 260 g/mol. The fourth-order valence-electron chi connectivity index (χ4n) is 3.06. The summed E-state index contributed by atoms with van der Waals surface area (Å²) in [5.74, 6) is 1.89. The summed E-state index contributed by atoms with van der Waals surface area (Å²) in [6.07, 6.45) is 2.52. The Balaban J connectivity index is 1.66. The third-order valence-electron chi connectivity index (χ3n) is 4.11. The normalized spacial score (nSPS) is 25.1. The van der Waals surface area contributed by atoms with Gasteiger partial charge in [-0.2, -0.15) is 0 Å². The van der Waals surface area contributed by atoms with Gasteiger partial charge in [-0.25, -0.2) is 4.99 Å². The number of hydrogen-bond acceptors (Lipinski definition) is 4. The van der Waals surface area contributed by atoms with Crippen LogP contribution in [0.3, 0.4) is 0 Å². The van der Waals surface area contributed by atoms with E-state index in [0.717, 1.165) is 19.6 Å². The highest BCUT2D eigenvalue weighted by Gasteiger charge is 2.33. The first-order valence-electron chi connectivity index (χ1n) is 8.08. The SMILES string of the molecule is CC(C)CNC1N=C2C(CCCN2Cc2ccccc2)N1. The predicted molar refractivity (Wildman–Crippen MR) is 87.1 cm³/mol. The van der Waals surface area contributed by atoms with Gasteiger partial charge in [0, 0.05) is 19.6 Å². The average Bonchev–Trinajstić information content (AvgIpc) is 2.90. The lowest BCUT2D eigenvalue weighted by Gasteiger charge is -2.32. The zero-order valence-electron chi connectivity index (χ0n) is 13.0. The lowest BCUT2D eigenvalue weighted by atomic mass is 10.0. The highest BCUT2D eigenvalue weighted by Crippen LogP contribution is 2.20. The van der Waals surface area contributed by atoms with Crippen molar-refractivity contribution in [3.8, 4) is 0 Å². The minimum atomic E-state index is 0.0868. The van der Waals surface area contributed by atoms with Gasteiger partial charge in [0.1, 0.15) is 5.84 Å². The van der Waals surface area contributed by atoms with Crippen LogP contribution < -0.4 is 10.6 Å². The summed E-state index contributed by atoms with van der Waals surface area (Å²) >= 11 is 0. The number of amidine groups is 1. The molecule has 0 aliphatic carbocycles. The van der Waals surface area contributed by atoms with Crippen molar-refractivity contribution >= 4 is 5.84 Å². The zero-order chi connectivity index (χ0) is 14.7. The van der Waals surface area contributed by atoms with Gasteiger partial charge >= 0.3 is 0 Å². The molecule has 1 aromatic rings. The van der Waals surface area contributed by atoms with Crippen LogP contribution in [0.5, 0.6) is 0 Å². The Morgan fingerprint density at radius 1 is 1.33 bits per heavy atom. The Kier molecular flexibility index (Phi) is 4.56. The molecule has 2 atom stereocenters. The van der Waals surface area contributed by atoms with Crippen molar-refractivity contribution < 1.29 is 0 Å². The Bertz CT molecular complexity index is 483. The molecule has 0 spiro atoms. The first-order valence-corrected chi connectivity index (χ1v) is 8.08. The van der Waals surface area contributed by atoms with Gasteiger partial charge < -0.3 is 4.90 Å². The molecular formula is C17H26N4. The Hall–Kier alpha value is -1.39.